The van der Waals surface area contributed by atoms with Gasteiger partial charge in [-0.2, -0.15) is 0 Å². The van der Waals surface area contributed by atoms with Crippen LogP contribution in [0.1, 0.15) is 70.0 Å². The van der Waals surface area contributed by atoms with E-state index in [0.717, 1.165) is 45.0 Å². The number of aromatic nitrogens is 1. The molecular weight excluding hydrogens is 691 g/mol. The lowest BCUT2D eigenvalue weighted by atomic mass is 9.69. The van der Waals surface area contributed by atoms with Crippen LogP contribution < -0.4 is 9.47 Å². The number of allylic oxidation sites excluding steroid dienone is 2. The molecule has 0 amide bonds. The van der Waals surface area contributed by atoms with Gasteiger partial charge in [0.1, 0.15) is 11.5 Å². The van der Waals surface area contributed by atoms with Crippen molar-refractivity contribution >= 4 is 16.6 Å². The van der Waals surface area contributed by atoms with E-state index in [9.17, 15) is 25.2 Å². The average molecular weight is 738 g/mol. The molecule has 6 aromatic rings. The molecule has 8 nitrogen and oxygen atoms in total. The molecule has 0 spiro atoms. The number of hydrogen-bond acceptors (Lipinski definition) is 7. The number of fused-ring (bicyclic) bond motifs is 2. The summed E-state index contributed by atoms with van der Waals surface area (Å²) in [6, 6.07) is 29.8. The molecule has 0 fully saturated rings. The van der Waals surface area contributed by atoms with Crippen molar-refractivity contribution in [1.82, 2.24) is 4.98 Å². The van der Waals surface area contributed by atoms with Crippen LogP contribution in [0.2, 0.25) is 0 Å². The number of phenolic OH excluding ortho intramolecular Hbond substituents is 3. The van der Waals surface area contributed by atoms with E-state index in [1.54, 1.807) is 49.6 Å². The van der Waals surface area contributed by atoms with Gasteiger partial charge in [-0.3, -0.25) is 4.79 Å². The molecule has 7 rings (SSSR count). The van der Waals surface area contributed by atoms with Crippen LogP contribution in [-0.4, -0.2) is 51.5 Å². The van der Waals surface area contributed by atoms with Gasteiger partial charge in [0.05, 0.1) is 20.3 Å². The number of ether oxygens (including phenoxy) is 2. The summed E-state index contributed by atoms with van der Waals surface area (Å²) in [6.45, 7) is 2.14. The van der Waals surface area contributed by atoms with Crippen LogP contribution in [0, 0.1) is 5.92 Å². The van der Waals surface area contributed by atoms with Gasteiger partial charge in [0.15, 0.2) is 23.0 Å². The molecule has 0 aliphatic heterocycles. The Morgan fingerprint density at radius 2 is 1.62 bits per heavy atom. The van der Waals surface area contributed by atoms with Crippen LogP contribution in [0.5, 0.6) is 28.7 Å². The second-order valence-corrected chi connectivity index (χ2v) is 14.4. The smallest absolute Gasteiger partial charge is 0.164 e. The monoisotopic (exact) mass is 737 g/mol. The van der Waals surface area contributed by atoms with Gasteiger partial charge in [0.2, 0.25) is 0 Å². The van der Waals surface area contributed by atoms with Gasteiger partial charge in [0, 0.05) is 42.1 Å². The maximum Gasteiger partial charge on any atom is 0.164 e. The van der Waals surface area contributed by atoms with Crippen LogP contribution in [0.3, 0.4) is 0 Å². The zero-order valence-corrected chi connectivity index (χ0v) is 31.3. The zero-order valence-electron chi connectivity index (χ0n) is 31.3. The van der Waals surface area contributed by atoms with Crippen molar-refractivity contribution in [1.29, 1.82) is 0 Å². The lowest BCUT2D eigenvalue weighted by Gasteiger charge is -2.36. The summed E-state index contributed by atoms with van der Waals surface area (Å²) in [5, 5.41) is 46.4. The number of methoxy groups -OCH3 is 2. The van der Waals surface area contributed by atoms with Crippen molar-refractivity contribution < 1.29 is 34.7 Å². The van der Waals surface area contributed by atoms with Crippen LogP contribution in [0.25, 0.3) is 10.8 Å². The number of aliphatic hydroxyl groups excluding tert-OH is 1. The lowest BCUT2D eigenvalue weighted by Crippen LogP contribution is -2.33. The van der Waals surface area contributed by atoms with Gasteiger partial charge >= 0.3 is 0 Å². The summed E-state index contributed by atoms with van der Waals surface area (Å²) < 4.78 is 11.3. The van der Waals surface area contributed by atoms with Gasteiger partial charge in [-0.05, 0) is 106 Å². The third-order valence-corrected chi connectivity index (χ3v) is 11.2. The average Bonchev–Trinajstić information content (AvgIpc) is 3.72. The maximum atomic E-state index is 14.5. The molecule has 5 aromatic carbocycles. The number of Topliss-reactive ketones (excluding diaryl/α,β-unsaturated/α-hetero) is 1. The molecule has 55 heavy (non-hydrogen) atoms. The van der Waals surface area contributed by atoms with Crippen molar-refractivity contribution in [3.05, 3.63) is 161 Å². The highest BCUT2D eigenvalue weighted by Crippen LogP contribution is 2.51. The summed E-state index contributed by atoms with van der Waals surface area (Å²) in [5.74, 6) is -1.14. The molecule has 1 aliphatic rings. The van der Waals surface area contributed by atoms with E-state index >= 15 is 0 Å². The van der Waals surface area contributed by atoms with Gasteiger partial charge in [-0.15, -0.1) is 0 Å². The number of aliphatic hydroxyl groups is 1. The second kappa shape index (κ2) is 16.2. The van der Waals surface area contributed by atoms with Gasteiger partial charge in [-0.1, -0.05) is 79.7 Å². The van der Waals surface area contributed by atoms with E-state index in [0.29, 0.717) is 23.5 Å². The Labute approximate surface area is 321 Å². The largest absolute Gasteiger partial charge is 0.508 e. The molecule has 1 heterocycles. The number of aromatic amines is 1. The Morgan fingerprint density at radius 3 is 2.36 bits per heavy atom. The summed E-state index contributed by atoms with van der Waals surface area (Å²) in [5.41, 5.74) is 6.49. The Hall–Kier alpha value is -5.99. The predicted molar refractivity (Wildman–Crippen MR) is 215 cm³/mol. The molecule has 0 radical (unpaired) electrons. The van der Waals surface area contributed by atoms with E-state index in [4.69, 9.17) is 9.47 Å². The van der Waals surface area contributed by atoms with Gasteiger partial charge < -0.3 is 34.9 Å². The van der Waals surface area contributed by atoms with Crippen molar-refractivity contribution in [2.45, 2.75) is 56.5 Å². The van der Waals surface area contributed by atoms with Crippen LogP contribution in [0.4, 0.5) is 0 Å². The van der Waals surface area contributed by atoms with E-state index in [1.807, 2.05) is 36.7 Å². The zero-order chi connectivity index (χ0) is 38.6. The van der Waals surface area contributed by atoms with Crippen LogP contribution in [-0.2, 0) is 24.1 Å². The third-order valence-electron chi connectivity index (χ3n) is 11.2. The number of carbonyl (C=O) groups is 1. The molecule has 0 bridgehead atoms. The molecule has 5 atom stereocenters. The van der Waals surface area contributed by atoms with E-state index < -0.39 is 17.9 Å². The number of phenols is 3. The highest BCUT2D eigenvalue weighted by Gasteiger charge is 2.38. The molecule has 0 saturated heterocycles. The van der Waals surface area contributed by atoms with Crippen molar-refractivity contribution in [3.63, 3.8) is 0 Å². The molecule has 1 aliphatic carbocycles. The molecule has 0 unspecified atom stereocenters. The third kappa shape index (κ3) is 7.55. The van der Waals surface area contributed by atoms with Crippen LogP contribution in [0.15, 0.2) is 122 Å². The second-order valence-electron chi connectivity index (χ2n) is 14.4. The standard InChI is InChI=1S/C47H47NO7/c1-4-30-13-14-31-8-5-6-11-34(31)45(30)37-16-15-35(36-17-19-41(51)47(55-3)46(36)37)39(23-29-20-21-48-27-29)43(53)26-42(52)38(32-9-7-10-33(49)25-32)22-28-12-18-40(50)44(24-28)54-2/h5-21,24-25,27,35,37-39,43,48-51,53H,4,22-23,26H2,1-3H3/t35-,37-,38+,39-,43+/m0/s1. The number of nitrogens with one attached hydrogen (secondary N) is 1. The molecule has 0 saturated carbocycles. The van der Waals surface area contributed by atoms with E-state index in [2.05, 4.69) is 48.3 Å². The Morgan fingerprint density at radius 1 is 0.800 bits per heavy atom. The minimum atomic E-state index is -1.07. The fourth-order valence-electron chi connectivity index (χ4n) is 8.49. The van der Waals surface area contributed by atoms with Crippen molar-refractivity contribution in [3.8, 4) is 28.7 Å². The maximum absolute atomic E-state index is 14.5. The predicted octanol–water partition coefficient (Wildman–Crippen LogP) is 8.86. The van der Waals surface area contributed by atoms with Gasteiger partial charge in [-0.25, -0.2) is 0 Å². The topological polar surface area (TPSA) is 132 Å². The SMILES string of the molecule is CCc1ccc2ccccc2c1[C@@H]1C=C[C@H]([C@H](Cc2cc[nH]c2)[C@H](O)CC(=O)[C@H](Cc2ccc(O)c(OC)c2)c2cccc(O)c2)c2ccc(O)c(OC)c21. The normalized spacial score (nSPS) is 16.7. The Kier molecular flexibility index (Phi) is 11.0. The number of aromatic hydroxyl groups is 3. The number of ketones is 1. The fraction of sp³-hybridized carbons (Fsp3) is 0.255. The Balaban J connectivity index is 1.29. The number of benzene rings is 5. The molecule has 282 valence electrons. The van der Waals surface area contributed by atoms with E-state index in [1.165, 1.54) is 18.7 Å². The first-order valence-corrected chi connectivity index (χ1v) is 18.8. The number of hydrogen-bond donors (Lipinski definition) is 5. The first kappa shape index (κ1) is 37.3. The van der Waals surface area contributed by atoms with Crippen molar-refractivity contribution in [2.75, 3.05) is 14.2 Å². The molecule has 5 N–H and O–H groups in total. The highest BCUT2D eigenvalue weighted by atomic mass is 16.5. The summed E-state index contributed by atoms with van der Waals surface area (Å²) >= 11 is 0. The number of H-pyrrole nitrogens is 1. The minimum Gasteiger partial charge on any atom is -0.508 e. The summed E-state index contributed by atoms with van der Waals surface area (Å²) in [7, 11) is 3.04. The quantitative estimate of drug-likeness (QED) is 0.0706. The summed E-state index contributed by atoms with van der Waals surface area (Å²) in [4.78, 5) is 17.6. The molecule has 8 heteroatoms. The van der Waals surface area contributed by atoms with Crippen molar-refractivity contribution in [2.24, 2.45) is 5.92 Å². The number of aryl methyl sites for hydroxylation is 1. The lowest BCUT2D eigenvalue weighted by molar-refractivity contribution is -0.123. The first-order chi connectivity index (χ1) is 26.7. The van der Waals surface area contributed by atoms with Crippen LogP contribution >= 0.6 is 0 Å². The highest BCUT2D eigenvalue weighted by molar-refractivity contribution is 5.89. The fourth-order valence-corrected chi connectivity index (χ4v) is 8.49. The van der Waals surface area contributed by atoms with E-state index in [-0.39, 0.29) is 47.7 Å². The molecule has 1 aromatic heterocycles. The molecular formula is C47H47NO7. The minimum absolute atomic E-state index is 0.00567. The first-order valence-electron chi connectivity index (χ1n) is 18.8. The number of carbonyl (C=O) groups excluding carboxylic acids is 1. The Bertz CT molecular complexity index is 2330. The summed E-state index contributed by atoms with van der Waals surface area (Å²) in [6.07, 6.45) is 8.43. The van der Waals surface area contributed by atoms with Gasteiger partial charge in [0.25, 0.3) is 0 Å². The number of rotatable bonds is 14.